The zero-order chi connectivity index (χ0) is 17.4. The molecule has 0 saturated carbocycles. The van der Waals surface area contributed by atoms with E-state index in [9.17, 15) is 4.79 Å². The number of hydrogen-bond acceptors (Lipinski definition) is 3. The van der Waals surface area contributed by atoms with Gasteiger partial charge in [0.15, 0.2) is 0 Å². The zero-order valence-electron chi connectivity index (χ0n) is 14.7. The third-order valence-corrected chi connectivity index (χ3v) is 4.19. The van der Waals surface area contributed by atoms with Gasteiger partial charge >= 0.3 is 0 Å². The number of hydrogen-bond donors (Lipinski definition) is 1. The van der Waals surface area contributed by atoms with E-state index in [0.29, 0.717) is 6.54 Å². The minimum absolute atomic E-state index is 0.0282. The fourth-order valence-electron chi connectivity index (χ4n) is 2.75. The van der Waals surface area contributed by atoms with Gasteiger partial charge < -0.3 is 10.1 Å². The Kier molecular flexibility index (Phi) is 6.82. The number of carbonyl (C=O) groups is 1. The van der Waals surface area contributed by atoms with Crippen LogP contribution in [0.4, 0.5) is 0 Å². The lowest BCUT2D eigenvalue weighted by molar-refractivity contribution is -0.126. The summed E-state index contributed by atoms with van der Waals surface area (Å²) in [6.45, 7) is 3.44. The van der Waals surface area contributed by atoms with Gasteiger partial charge in [0.25, 0.3) is 0 Å². The molecule has 0 unspecified atom stereocenters. The molecule has 0 aromatic heterocycles. The molecule has 4 heteroatoms. The Morgan fingerprint density at radius 2 is 1.79 bits per heavy atom. The van der Waals surface area contributed by atoms with E-state index in [4.69, 9.17) is 4.74 Å². The molecule has 2 rings (SSSR count). The van der Waals surface area contributed by atoms with Crippen LogP contribution in [0.1, 0.15) is 24.1 Å². The number of nitrogens with one attached hydrogen (secondary N) is 1. The fraction of sp³-hybridized carbons (Fsp3) is 0.350. The maximum atomic E-state index is 12.7. The van der Waals surface area contributed by atoms with Gasteiger partial charge in [0.1, 0.15) is 11.8 Å². The van der Waals surface area contributed by atoms with E-state index in [0.717, 1.165) is 29.8 Å². The molecule has 1 amide bonds. The van der Waals surface area contributed by atoms with Gasteiger partial charge in [-0.25, -0.2) is 0 Å². The van der Waals surface area contributed by atoms with Gasteiger partial charge in [-0.1, -0.05) is 55.5 Å². The Balaban J connectivity index is 2.01. The molecule has 0 heterocycles. The molecule has 0 aliphatic rings. The van der Waals surface area contributed by atoms with Crippen LogP contribution in [0.15, 0.2) is 54.6 Å². The van der Waals surface area contributed by atoms with E-state index < -0.39 is 0 Å². The van der Waals surface area contributed by atoms with Crippen molar-refractivity contribution in [2.45, 2.75) is 19.4 Å². The quantitative estimate of drug-likeness (QED) is 0.811. The molecule has 1 atom stereocenters. The molecule has 0 bridgehead atoms. The normalized spacial score (nSPS) is 12.0. The van der Waals surface area contributed by atoms with Crippen LogP contribution in [-0.2, 0) is 11.2 Å². The van der Waals surface area contributed by atoms with Crippen molar-refractivity contribution >= 4 is 5.91 Å². The number of carbonyl (C=O) groups excluding carboxylic acids is 1. The molecule has 1 N–H and O–H groups in total. The van der Waals surface area contributed by atoms with Gasteiger partial charge in [0.2, 0.25) is 5.91 Å². The largest absolute Gasteiger partial charge is 0.496 e. The molecular formula is C20H26N2O2. The molecule has 24 heavy (non-hydrogen) atoms. The summed E-state index contributed by atoms with van der Waals surface area (Å²) < 4.78 is 5.35. The third kappa shape index (κ3) is 4.59. The average molecular weight is 326 g/mol. The van der Waals surface area contributed by atoms with Crippen molar-refractivity contribution in [3.8, 4) is 5.75 Å². The number of methoxy groups -OCH3 is 1. The van der Waals surface area contributed by atoms with Crippen LogP contribution in [0.25, 0.3) is 0 Å². The molecule has 128 valence electrons. The molecule has 0 spiro atoms. The highest BCUT2D eigenvalue weighted by atomic mass is 16.5. The van der Waals surface area contributed by atoms with Crippen LogP contribution in [0.5, 0.6) is 5.75 Å². The summed E-state index contributed by atoms with van der Waals surface area (Å²) in [5.41, 5.74) is 2.11. The molecule has 0 radical (unpaired) electrons. The van der Waals surface area contributed by atoms with Crippen molar-refractivity contribution in [1.82, 2.24) is 10.2 Å². The van der Waals surface area contributed by atoms with E-state index in [2.05, 4.69) is 12.2 Å². The highest BCUT2D eigenvalue weighted by Gasteiger charge is 2.23. The first-order valence-corrected chi connectivity index (χ1v) is 8.32. The minimum Gasteiger partial charge on any atom is -0.496 e. The second-order valence-corrected chi connectivity index (χ2v) is 5.74. The van der Waals surface area contributed by atoms with Gasteiger partial charge in [-0.2, -0.15) is 0 Å². The van der Waals surface area contributed by atoms with Crippen molar-refractivity contribution in [3.05, 3.63) is 65.7 Å². The zero-order valence-corrected chi connectivity index (χ0v) is 14.7. The molecule has 4 nitrogen and oxygen atoms in total. The number of para-hydroxylation sites is 1. The first-order chi connectivity index (χ1) is 11.7. The molecular weight excluding hydrogens is 300 g/mol. The van der Waals surface area contributed by atoms with Crippen LogP contribution in [0.3, 0.4) is 0 Å². The smallest absolute Gasteiger partial charge is 0.241 e. The molecule has 0 aliphatic heterocycles. The summed E-state index contributed by atoms with van der Waals surface area (Å²) in [7, 11) is 3.64. The Bertz CT molecular complexity index is 643. The van der Waals surface area contributed by atoms with Crippen molar-refractivity contribution in [1.29, 1.82) is 0 Å². The monoisotopic (exact) mass is 326 g/mol. The Labute approximate surface area is 144 Å². The summed E-state index contributed by atoms with van der Waals surface area (Å²) in [6, 6.07) is 17.5. The molecule has 0 fully saturated rings. The van der Waals surface area contributed by atoms with Gasteiger partial charge in [-0.3, -0.25) is 9.69 Å². The molecule has 2 aromatic carbocycles. The highest BCUT2D eigenvalue weighted by Crippen LogP contribution is 2.20. The summed E-state index contributed by atoms with van der Waals surface area (Å²) in [5, 5.41) is 3.06. The standard InChI is InChI=1S/C20H26N2O2/c1-4-22(2)19(17-11-6-5-7-12-17)20(23)21-15-14-16-10-8-9-13-18(16)24-3/h5-13,19H,4,14-15H2,1-3H3,(H,21,23)/t19-/m0/s1. The van der Waals surface area contributed by atoms with E-state index in [1.807, 2.05) is 66.5 Å². The number of rotatable bonds is 8. The fourth-order valence-corrected chi connectivity index (χ4v) is 2.75. The van der Waals surface area contributed by atoms with Crippen LogP contribution >= 0.6 is 0 Å². The van der Waals surface area contributed by atoms with E-state index in [1.54, 1.807) is 7.11 Å². The van der Waals surface area contributed by atoms with Gasteiger partial charge in [0, 0.05) is 6.54 Å². The lowest BCUT2D eigenvalue weighted by Gasteiger charge is -2.26. The Hall–Kier alpha value is -2.33. The summed E-state index contributed by atoms with van der Waals surface area (Å²) in [6.07, 6.45) is 0.743. The van der Waals surface area contributed by atoms with Gasteiger partial charge in [0.05, 0.1) is 7.11 Å². The molecule has 0 aliphatic carbocycles. The first kappa shape index (κ1) is 18.0. The van der Waals surface area contributed by atoms with Gasteiger partial charge in [-0.05, 0) is 37.2 Å². The SMILES string of the molecule is CCN(C)[C@H](C(=O)NCCc1ccccc1OC)c1ccccc1. The summed E-state index contributed by atoms with van der Waals surface area (Å²) >= 11 is 0. The second-order valence-electron chi connectivity index (χ2n) is 5.74. The molecule has 2 aromatic rings. The van der Waals surface area contributed by atoms with Crippen molar-refractivity contribution in [3.63, 3.8) is 0 Å². The van der Waals surface area contributed by atoms with Crippen LogP contribution in [0.2, 0.25) is 0 Å². The maximum Gasteiger partial charge on any atom is 0.241 e. The topological polar surface area (TPSA) is 41.6 Å². The van der Waals surface area contributed by atoms with Crippen molar-refractivity contribution in [2.75, 3.05) is 27.2 Å². The Morgan fingerprint density at radius 1 is 1.12 bits per heavy atom. The van der Waals surface area contributed by atoms with Crippen LogP contribution in [0, 0.1) is 0 Å². The summed E-state index contributed by atoms with van der Waals surface area (Å²) in [5.74, 6) is 0.887. The van der Waals surface area contributed by atoms with E-state index in [1.165, 1.54) is 0 Å². The van der Waals surface area contributed by atoms with Gasteiger partial charge in [-0.15, -0.1) is 0 Å². The third-order valence-electron chi connectivity index (χ3n) is 4.19. The number of nitrogens with zero attached hydrogens (tertiary/aromatic N) is 1. The number of ether oxygens (including phenoxy) is 1. The number of amides is 1. The summed E-state index contributed by atoms with van der Waals surface area (Å²) in [4.78, 5) is 14.8. The average Bonchev–Trinajstić information content (AvgIpc) is 2.63. The predicted octanol–water partition coefficient (Wildman–Crippen LogP) is 3.05. The Morgan fingerprint density at radius 3 is 2.46 bits per heavy atom. The van der Waals surface area contributed by atoms with Crippen LogP contribution in [-0.4, -0.2) is 38.1 Å². The first-order valence-electron chi connectivity index (χ1n) is 8.32. The van der Waals surface area contributed by atoms with E-state index >= 15 is 0 Å². The predicted molar refractivity (Wildman–Crippen MR) is 97.2 cm³/mol. The number of likely N-dealkylation sites (N-methyl/N-ethyl adjacent to an activating group) is 1. The minimum atomic E-state index is -0.270. The van der Waals surface area contributed by atoms with Crippen molar-refractivity contribution < 1.29 is 9.53 Å². The highest BCUT2D eigenvalue weighted by molar-refractivity contribution is 5.83. The second kappa shape index (κ2) is 9.08. The van der Waals surface area contributed by atoms with E-state index in [-0.39, 0.29) is 11.9 Å². The number of benzene rings is 2. The lowest BCUT2D eigenvalue weighted by Crippen LogP contribution is -2.39. The van der Waals surface area contributed by atoms with Crippen molar-refractivity contribution in [2.24, 2.45) is 0 Å². The lowest BCUT2D eigenvalue weighted by atomic mass is 10.0. The van der Waals surface area contributed by atoms with Crippen LogP contribution < -0.4 is 10.1 Å². The maximum absolute atomic E-state index is 12.7. The molecule has 0 saturated heterocycles.